The first-order valence-electron chi connectivity index (χ1n) is 11.5. The lowest BCUT2D eigenvalue weighted by Gasteiger charge is -2.10. The fourth-order valence-corrected chi connectivity index (χ4v) is 3.96. The minimum Gasteiger partial charge on any atom is -0.378 e. The topological polar surface area (TPSA) is 9.23 Å². The molecular formula is C23H46O. The van der Waals surface area contributed by atoms with Crippen molar-refractivity contribution in [2.75, 3.05) is 6.61 Å². The molecule has 0 aromatic heterocycles. The average molecular weight is 339 g/mol. The lowest BCUT2D eigenvalue weighted by molar-refractivity contribution is 0.0556. The largest absolute Gasteiger partial charge is 0.378 e. The van der Waals surface area contributed by atoms with E-state index in [-0.39, 0.29) is 0 Å². The molecule has 0 bridgehead atoms. The molecule has 0 atom stereocenters. The van der Waals surface area contributed by atoms with E-state index in [2.05, 4.69) is 6.92 Å². The van der Waals surface area contributed by atoms with Gasteiger partial charge >= 0.3 is 0 Å². The number of ether oxygens (including phenoxy) is 1. The van der Waals surface area contributed by atoms with Crippen LogP contribution in [0.1, 0.15) is 135 Å². The quantitative estimate of drug-likeness (QED) is 0.229. The monoisotopic (exact) mass is 338 g/mol. The second-order valence-electron chi connectivity index (χ2n) is 8.08. The van der Waals surface area contributed by atoms with Crippen LogP contribution in [0.2, 0.25) is 0 Å². The molecule has 0 N–H and O–H groups in total. The van der Waals surface area contributed by atoms with Gasteiger partial charge in [0.25, 0.3) is 0 Å². The van der Waals surface area contributed by atoms with Crippen LogP contribution in [0.25, 0.3) is 0 Å². The van der Waals surface area contributed by atoms with Crippen molar-refractivity contribution in [3.05, 3.63) is 0 Å². The van der Waals surface area contributed by atoms with E-state index in [0.29, 0.717) is 6.10 Å². The van der Waals surface area contributed by atoms with Gasteiger partial charge in [-0.3, -0.25) is 0 Å². The SMILES string of the molecule is CCCCCCCCCCCCCCCCCCOC1CCCC1. The van der Waals surface area contributed by atoms with Gasteiger partial charge in [-0.05, 0) is 19.3 Å². The van der Waals surface area contributed by atoms with Crippen molar-refractivity contribution in [2.24, 2.45) is 0 Å². The van der Waals surface area contributed by atoms with Gasteiger partial charge in [-0.25, -0.2) is 0 Å². The molecule has 1 rings (SSSR count). The Morgan fingerprint density at radius 1 is 0.542 bits per heavy atom. The molecular weight excluding hydrogens is 292 g/mol. The number of rotatable bonds is 18. The number of hydrogen-bond donors (Lipinski definition) is 0. The first kappa shape index (κ1) is 22.0. The van der Waals surface area contributed by atoms with Crippen LogP contribution in [0.5, 0.6) is 0 Å². The Balaban J connectivity index is 1.63. The van der Waals surface area contributed by atoms with Crippen molar-refractivity contribution < 1.29 is 4.74 Å². The third-order valence-electron chi connectivity index (χ3n) is 5.65. The van der Waals surface area contributed by atoms with Crippen molar-refractivity contribution in [3.8, 4) is 0 Å². The van der Waals surface area contributed by atoms with E-state index in [9.17, 15) is 0 Å². The lowest BCUT2D eigenvalue weighted by atomic mass is 10.0. The van der Waals surface area contributed by atoms with E-state index in [1.54, 1.807) is 0 Å². The molecule has 1 aliphatic carbocycles. The predicted octanol–water partition coefficient (Wildman–Crippen LogP) is 8.21. The van der Waals surface area contributed by atoms with E-state index >= 15 is 0 Å². The van der Waals surface area contributed by atoms with E-state index < -0.39 is 0 Å². The molecule has 0 saturated heterocycles. The zero-order chi connectivity index (χ0) is 17.1. The minimum atomic E-state index is 0.612. The summed E-state index contributed by atoms with van der Waals surface area (Å²) in [5.41, 5.74) is 0. The molecule has 1 nitrogen and oxygen atoms in total. The third kappa shape index (κ3) is 14.3. The highest BCUT2D eigenvalue weighted by Crippen LogP contribution is 2.21. The molecule has 0 aromatic rings. The Labute approximate surface area is 153 Å². The molecule has 0 aliphatic heterocycles. The van der Waals surface area contributed by atoms with Crippen LogP contribution in [0, 0.1) is 0 Å². The zero-order valence-corrected chi connectivity index (χ0v) is 16.8. The average Bonchev–Trinajstić information content (AvgIpc) is 3.11. The Morgan fingerprint density at radius 2 is 0.917 bits per heavy atom. The van der Waals surface area contributed by atoms with Crippen molar-refractivity contribution in [3.63, 3.8) is 0 Å². The van der Waals surface area contributed by atoms with Crippen molar-refractivity contribution in [1.82, 2.24) is 0 Å². The maximum absolute atomic E-state index is 5.92. The normalized spacial score (nSPS) is 15.4. The fraction of sp³-hybridized carbons (Fsp3) is 1.00. The third-order valence-corrected chi connectivity index (χ3v) is 5.65. The van der Waals surface area contributed by atoms with Crippen LogP contribution in [-0.2, 0) is 4.74 Å². The van der Waals surface area contributed by atoms with Gasteiger partial charge in [0.1, 0.15) is 0 Å². The lowest BCUT2D eigenvalue weighted by Crippen LogP contribution is -2.08. The molecule has 1 fully saturated rings. The molecule has 144 valence electrons. The number of unbranched alkanes of at least 4 members (excludes halogenated alkanes) is 15. The highest BCUT2D eigenvalue weighted by molar-refractivity contribution is 4.66. The van der Waals surface area contributed by atoms with E-state index in [1.807, 2.05) is 0 Å². The summed E-state index contributed by atoms with van der Waals surface area (Å²) in [5, 5.41) is 0. The van der Waals surface area contributed by atoms with E-state index in [0.717, 1.165) is 6.61 Å². The van der Waals surface area contributed by atoms with Gasteiger partial charge in [-0.1, -0.05) is 116 Å². The first-order valence-corrected chi connectivity index (χ1v) is 11.5. The minimum absolute atomic E-state index is 0.612. The molecule has 1 heteroatoms. The molecule has 0 spiro atoms. The summed E-state index contributed by atoms with van der Waals surface area (Å²) >= 11 is 0. The smallest absolute Gasteiger partial charge is 0.0575 e. The van der Waals surface area contributed by atoms with Gasteiger partial charge in [0.05, 0.1) is 6.10 Å². The van der Waals surface area contributed by atoms with Crippen LogP contribution >= 0.6 is 0 Å². The molecule has 0 radical (unpaired) electrons. The molecule has 0 amide bonds. The molecule has 0 heterocycles. The van der Waals surface area contributed by atoms with Crippen LogP contribution < -0.4 is 0 Å². The van der Waals surface area contributed by atoms with E-state index in [4.69, 9.17) is 4.74 Å². The zero-order valence-electron chi connectivity index (χ0n) is 16.8. The Kier molecular flexibility index (Phi) is 16.3. The fourth-order valence-electron chi connectivity index (χ4n) is 3.96. The second kappa shape index (κ2) is 17.8. The van der Waals surface area contributed by atoms with Crippen LogP contribution in [0.3, 0.4) is 0 Å². The highest BCUT2D eigenvalue weighted by Gasteiger charge is 2.14. The summed E-state index contributed by atoms with van der Waals surface area (Å²) in [4.78, 5) is 0. The predicted molar refractivity (Wildman–Crippen MR) is 108 cm³/mol. The van der Waals surface area contributed by atoms with Crippen LogP contribution in [0.4, 0.5) is 0 Å². The molecule has 0 unspecified atom stereocenters. The maximum Gasteiger partial charge on any atom is 0.0575 e. The maximum atomic E-state index is 5.92. The van der Waals surface area contributed by atoms with Gasteiger partial charge < -0.3 is 4.74 Å². The Bertz CT molecular complexity index is 232. The summed E-state index contributed by atoms with van der Waals surface area (Å²) in [6, 6.07) is 0. The summed E-state index contributed by atoms with van der Waals surface area (Å²) < 4.78 is 5.92. The molecule has 1 saturated carbocycles. The van der Waals surface area contributed by atoms with Gasteiger partial charge in [-0.15, -0.1) is 0 Å². The Hall–Kier alpha value is -0.0400. The van der Waals surface area contributed by atoms with Crippen LogP contribution in [-0.4, -0.2) is 12.7 Å². The summed E-state index contributed by atoms with van der Waals surface area (Å²) in [6.07, 6.45) is 29.1. The molecule has 1 aliphatic rings. The van der Waals surface area contributed by atoms with E-state index in [1.165, 1.54) is 128 Å². The van der Waals surface area contributed by atoms with Crippen molar-refractivity contribution in [1.29, 1.82) is 0 Å². The van der Waals surface area contributed by atoms with Gasteiger partial charge in [-0.2, -0.15) is 0 Å². The van der Waals surface area contributed by atoms with Gasteiger partial charge in [0.2, 0.25) is 0 Å². The standard InChI is InChI=1S/C23H46O/c1-2-3-4-5-6-7-8-9-10-11-12-13-14-15-16-19-22-24-23-20-17-18-21-23/h23H,2-22H2,1H3. The summed E-state index contributed by atoms with van der Waals surface area (Å²) in [5.74, 6) is 0. The van der Waals surface area contributed by atoms with Crippen molar-refractivity contribution in [2.45, 2.75) is 141 Å². The number of hydrogen-bond acceptors (Lipinski definition) is 1. The van der Waals surface area contributed by atoms with Crippen molar-refractivity contribution >= 4 is 0 Å². The van der Waals surface area contributed by atoms with Crippen LogP contribution in [0.15, 0.2) is 0 Å². The molecule has 24 heavy (non-hydrogen) atoms. The Morgan fingerprint density at radius 3 is 1.33 bits per heavy atom. The van der Waals surface area contributed by atoms with Gasteiger partial charge in [0, 0.05) is 6.61 Å². The first-order chi connectivity index (χ1) is 11.9. The highest BCUT2D eigenvalue weighted by atomic mass is 16.5. The molecule has 0 aromatic carbocycles. The summed E-state index contributed by atoms with van der Waals surface area (Å²) in [6.45, 7) is 3.31. The second-order valence-corrected chi connectivity index (χ2v) is 8.08. The van der Waals surface area contributed by atoms with Gasteiger partial charge in [0.15, 0.2) is 0 Å². The summed E-state index contributed by atoms with van der Waals surface area (Å²) in [7, 11) is 0.